The summed E-state index contributed by atoms with van der Waals surface area (Å²) in [4.78, 5) is 20.2. The van der Waals surface area contributed by atoms with E-state index in [2.05, 4.69) is 25.3 Å². The molecule has 118 valence electrons. The number of aromatic carboxylic acids is 1. The van der Waals surface area contributed by atoms with Gasteiger partial charge in [0.1, 0.15) is 0 Å². The van der Waals surface area contributed by atoms with Gasteiger partial charge in [-0.05, 0) is 23.8 Å². The number of fused-ring (bicyclic) bond motifs is 1. The number of carboxylic acids is 1. The van der Waals surface area contributed by atoms with Crippen LogP contribution in [0.4, 0.5) is 0 Å². The van der Waals surface area contributed by atoms with Gasteiger partial charge in [-0.25, -0.2) is 14.5 Å². The Hall–Kier alpha value is -3.55. The van der Waals surface area contributed by atoms with Crippen LogP contribution in [-0.4, -0.2) is 41.0 Å². The molecule has 0 aliphatic rings. The first-order valence-corrected chi connectivity index (χ1v) is 7.20. The van der Waals surface area contributed by atoms with Crippen LogP contribution in [0.1, 0.15) is 15.9 Å². The van der Waals surface area contributed by atoms with Crippen molar-refractivity contribution in [2.75, 3.05) is 0 Å². The number of hydrogen-bond donors (Lipinski definition) is 2. The molecule has 0 aromatic carbocycles. The van der Waals surface area contributed by atoms with Crippen LogP contribution in [0.25, 0.3) is 22.3 Å². The molecule has 0 bridgehead atoms. The van der Waals surface area contributed by atoms with E-state index in [1.807, 2.05) is 12.1 Å². The first kappa shape index (κ1) is 14.1. The molecule has 4 aromatic heterocycles. The van der Waals surface area contributed by atoms with Gasteiger partial charge in [0.15, 0.2) is 5.65 Å². The van der Waals surface area contributed by atoms with E-state index in [0.717, 1.165) is 11.1 Å². The van der Waals surface area contributed by atoms with E-state index >= 15 is 0 Å². The molecule has 8 heteroatoms. The fraction of sp³-hybridized carbons (Fsp3) is 0.0625. The van der Waals surface area contributed by atoms with Crippen LogP contribution in [0.5, 0.6) is 0 Å². The molecule has 0 fully saturated rings. The summed E-state index contributed by atoms with van der Waals surface area (Å²) < 4.78 is 1.68. The third kappa shape index (κ3) is 2.39. The smallest absolute Gasteiger partial charge is 0.336 e. The molecule has 8 nitrogen and oxygen atoms in total. The Bertz CT molecular complexity index is 1010. The van der Waals surface area contributed by atoms with E-state index in [9.17, 15) is 9.90 Å². The number of rotatable bonds is 4. The summed E-state index contributed by atoms with van der Waals surface area (Å²) in [6, 6.07) is 5.30. The molecule has 0 saturated heterocycles. The second-order valence-electron chi connectivity index (χ2n) is 5.24. The lowest BCUT2D eigenvalue weighted by molar-refractivity contribution is 0.0699. The van der Waals surface area contributed by atoms with Crippen molar-refractivity contribution >= 4 is 17.0 Å². The molecule has 0 unspecified atom stereocenters. The van der Waals surface area contributed by atoms with Crippen LogP contribution in [0, 0.1) is 0 Å². The highest BCUT2D eigenvalue weighted by Gasteiger charge is 2.17. The number of nitrogens with zero attached hydrogens (tertiary/aromatic N) is 5. The zero-order valence-electron chi connectivity index (χ0n) is 12.4. The summed E-state index contributed by atoms with van der Waals surface area (Å²) in [6.45, 7) is 0.479. The van der Waals surface area contributed by atoms with Crippen molar-refractivity contribution in [2.45, 2.75) is 6.54 Å². The molecular formula is C16H12N6O2. The van der Waals surface area contributed by atoms with Gasteiger partial charge in [0, 0.05) is 24.2 Å². The molecule has 24 heavy (non-hydrogen) atoms. The number of hydrogen-bond acceptors (Lipinski definition) is 5. The third-order valence-corrected chi connectivity index (χ3v) is 3.72. The minimum absolute atomic E-state index is 0.164. The maximum atomic E-state index is 11.6. The molecular weight excluding hydrogens is 308 g/mol. The van der Waals surface area contributed by atoms with Crippen LogP contribution in [0.2, 0.25) is 0 Å². The van der Waals surface area contributed by atoms with Gasteiger partial charge >= 0.3 is 5.97 Å². The molecule has 0 radical (unpaired) electrons. The quantitative estimate of drug-likeness (QED) is 0.595. The van der Waals surface area contributed by atoms with Gasteiger partial charge in [0.05, 0.1) is 35.6 Å². The Balaban J connectivity index is 1.89. The molecule has 4 heterocycles. The summed E-state index contributed by atoms with van der Waals surface area (Å²) in [6.07, 6.45) is 8.21. The average Bonchev–Trinajstić information content (AvgIpc) is 3.25. The van der Waals surface area contributed by atoms with E-state index in [1.165, 1.54) is 12.3 Å². The lowest BCUT2D eigenvalue weighted by Gasteiger charge is -2.06. The van der Waals surface area contributed by atoms with Gasteiger partial charge in [-0.15, -0.1) is 0 Å². The normalized spacial score (nSPS) is 11.0. The first-order chi connectivity index (χ1) is 11.7. The molecule has 0 aliphatic heterocycles. The van der Waals surface area contributed by atoms with Gasteiger partial charge in [-0.1, -0.05) is 0 Å². The number of nitrogens with one attached hydrogen (secondary N) is 1. The highest BCUT2D eigenvalue weighted by molar-refractivity contribution is 6.02. The van der Waals surface area contributed by atoms with Crippen molar-refractivity contribution in [1.82, 2.24) is 29.9 Å². The van der Waals surface area contributed by atoms with E-state index < -0.39 is 5.97 Å². The minimum Gasteiger partial charge on any atom is -0.478 e. The first-order valence-electron chi connectivity index (χ1n) is 7.20. The van der Waals surface area contributed by atoms with Gasteiger partial charge < -0.3 is 5.11 Å². The Morgan fingerprint density at radius 3 is 2.79 bits per heavy atom. The maximum absolute atomic E-state index is 11.6. The fourth-order valence-electron chi connectivity index (χ4n) is 2.54. The number of carboxylic acid groups (broad SMARTS) is 1. The van der Waals surface area contributed by atoms with Crippen LogP contribution in [0.3, 0.4) is 0 Å². The lowest BCUT2D eigenvalue weighted by atomic mass is 10.1. The monoisotopic (exact) mass is 320 g/mol. The van der Waals surface area contributed by atoms with Gasteiger partial charge in [0.2, 0.25) is 0 Å². The summed E-state index contributed by atoms with van der Waals surface area (Å²) in [7, 11) is 0. The second kappa shape index (κ2) is 5.58. The molecule has 0 spiro atoms. The van der Waals surface area contributed by atoms with Crippen molar-refractivity contribution in [2.24, 2.45) is 0 Å². The predicted octanol–water partition coefficient (Wildman–Crippen LogP) is 1.96. The summed E-state index contributed by atoms with van der Waals surface area (Å²) >= 11 is 0. The Labute approximate surface area is 135 Å². The van der Waals surface area contributed by atoms with Crippen molar-refractivity contribution in [3.8, 4) is 11.3 Å². The van der Waals surface area contributed by atoms with E-state index in [0.29, 0.717) is 23.3 Å². The number of pyridine rings is 2. The molecule has 4 aromatic rings. The Morgan fingerprint density at radius 2 is 2.08 bits per heavy atom. The van der Waals surface area contributed by atoms with Gasteiger partial charge in [-0.2, -0.15) is 10.2 Å². The van der Waals surface area contributed by atoms with E-state index in [4.69, 9.17) is 0 Å². The molecule has 0 aliphatic carbocycles. The topological polar surface area (TPSA) is 110 Å². The van der Waals surface area contributed by atoms with Crippen LogP contribution >= 0.6 is 0 Å². The number of H-pyrrole nitrogens is 1. The van der Waals surface area contributed by atoms with Crippen molar-refractivity contribution in [1.29, 1.82) is 0 Å². The molecule has 2 N–H and O–H groups in total. The van der Waals surface area contributed by atoms with Crippen LogP contribution in [0.15, 0.2) is 49.2 Å². The standard InChI is InChI=1S/C16H12N6O2/c23-16(24)12-5-14(11-6-18-19-7-11)21-15-13(12)8-20-22(15)9-10-1-3-17-4-2-10/h1-8H,9H2,(H,18,19)(H,23,24). The zero-order chi connectivity index (χ0) is 16.5. The zero-order valence-corrected chi connectivity index (χ0v) is 12.4. The fourth-order valence-corrected chi connectivity index (χ4v) is 2.54. The maximum Gasteiger partial charge on any atom is 0.336 e. The average molecular weight is 320 g/mol. The van der Waals surface area contributed by atoms with Crippen molar-refractivity contribution in [3.05, 3.63) is 60.3 Å². The highest BCUT2D eigenvalue weighted by atomic mass is 16.4. The van der Waals surface area contributed by atoms with Crippen LogP contribution in [-0.2, 0) is 6.54 Å². The minimum atomic E-state index is -1.02. The Kier molecular flexibility index (Phi) is 3.27. The number of aromatic amines is 1. The van der Waals surface area contributed by atoms with E-state index in [1.54, 1.807) is 29.5 Å². The largest absolute Gasteiger partial charge is 0.478 e. The highest BCUT2D eigenvalue weighted by Crippen LogP contribution is 2.24. The van der Waals surface area contributed by atoms with Crippen LogP contribution < -0.4 is 0 Å². The molecule has 0 atom stereocenters. The number of aromatic nitrogens is 6. The molecule has 0 saturated carbocycles. The molecule has 0 amide bonds. The third-order valence-electron chi connectivity index (χ3n) is 3.72. The Morgan fingerprint density at radius 1 is 1.25 bits per heavy atom. The SMILES string of the molecule is O=C(O)c1cc(-c2cn[nH]c2)nc2c1cnn2Cc1ccncc1. The summed E-state index contributed by atoms with van der Waals surface area (Å²) in [5.41, 5.74) is 2.93. The second-order valence-corrected chi connectivity index (χ2v) is 5.24. The predicted molar refractivity (Wildman–Crippen MR) is 85.4 cm³/mol. The van der Waals surface area contributed by atoms with Gasteiger partial charge in [0.25, 0.3) is 0 Å². The summed E-state index contributed by atoms with van der Waals surface area (Å²) in [5.74, 6) is -1.02. The summed E-state index contributed by atoms with van der Waals surface area (Å²) in [5, 5.41) is 20.9. The molecule has 4 rings (SSSR count). The van der Waals surface area contributed by atoms with Crippen molar-refractivity contribution in [3.63, 3.8) is 0 Å². The van der Waals surface area contributed by atoms with E-state index in [-0.39, 0.29) is 5.56 Å². The van der Waals surface area contributed by atoms with Gasteiger partial charge in [-0.3, -0.25) is 10.1 Å². The van der Waals surface area contributed by atoms with Crippen molar-refractivity contribution < 1.29 is 9.90 Å². The lowest BCUT2D eigenvalue weighted by Crippen LogP contribution is -2.05. The number of carbonyl (C=O) groups is 1.